The van der Waals surface area contributed by atoms with E-state index in [4.69, 9.17) is 0 Å². The van der Waals surface area contributed by atoms with Gasteiger partial charge in [0.2, 0.25) is 5.91 Å². The van der Waals surface area contributed by atoms with E-state index in [2.05, 4.69) is 4.99 Å². The summed E-state index contributed by atoms with van der Waals surface area (Å²) in [5.74, 6) is -4.10. The summed E-state index contributed by atoms with van der Waals surface area (Å²) in [4.78, 5) is 31.4. The van der Waals surface area contributed by atoms with Crippen molar-refractivity contribution in [2.24, 2.45) is 16.8 Å². The molecule has 7 nitrogen and oxygen atoms in total. The van der Waals surface area contributed by atoms with Gasteiger partial charge in [0.05, 0.1) is 23.8 Å². The summed E-state index contributed by atoms with van der Waals surface area (Å²) in [5.41, 5.74) is 0.645. The fourth-order valence-electron chi connectivity index (χ4n) is 4.01. The van der Waals surface area contributed by atoms with Crippen molar-refractivity contribution in [2.75, 3.05) is 25.9 Å². The number of rotatable bonds is 6. The van der Waals surface area contributed by atoms with Crippen molar-refractivity contribution in [1.29, 1.82) is 0 Å². The maximum absolute atomic E-state index is 12.4. The highest BCUT2D eigenvalue weighted by molar-refractivity contribution is 8.00. The van der Waals surface area contributed by atoms with Crippen molar-refractivity contribution in [2.45, 2.75) is 31.2 Å². The second-order valence-electron chi connectivity index (χ2n) is 6.83. The normalized spacial score (nSPS) is 29.7. The number of hydrogen-bond acceptors (Lipinski definition) is 6. The van der Waals surface area contributed by atoms with E-state index in [9.17, 15) is 28.6 Å². The van der Waals surface area contributed by atoms with Crippen LogP contribution in [0.1, 0.15) is 13.3 Å². The minimum Gasteiger partial charge on any atom is -0.477 e. The molecule has 144 valence electrons. The lowest BCUT2D eigenvalue weighted by Crippen LogP contribution is -2.61. The van der Waals surface area contributed by atoms with E-state index < -0.39 is 23.7 Å². The zero-order valence-corrected chi connectivity index (χ0v) is 15.2. The highest BCUT2D eigenvalue weighted by Crippen LogP contribution is 2.46. The van der Waals surface area contributed by atoms with Gasteiger partial charge in [0.25, 0.3) is 5.76 Å². The Morgan fingerprint density at radius 1 is 1.46 bits per heavy atom. The van der Waals surface area contributed by atoms with Crippen LogP contribution in [0.5, 0.6) is 0 Å². The highest BCUT2D eigenvalue weighted by atomic mass is 32.2. The van der Waals surface area contributed by atoms with Gasteiger partial charge in [-0.3, -0.25) is 9.79 Å². The first-order chi connectivity index (χ1) is 12.2. The Kier molecular flexibility index (Phi) is 5.25. The number of hydrogen-bond donors (Lipinski definition) is 2. The van der Waals surface area contributed by atoms with Crippen LogP contribution in [-0.2, 0) is 9.59 Å². The van der Waals surface area contributed by atoms with E-state index in [1.165, 1.54) is 11.8 Å². The Morgan fingerprint density at radius 3 is 2.69 bits per heavy atom. The van der Waals surface area contributed by atoms with Crippen LogP contribution < -0.4 is 0 Å². The number of aliphatic imine (C=N–C) groups is 1. The molecule has 10 heteroatoms. The van der Waals surface area contributed by atoms with E-state index in [1.54, 1.807) is 11.9 Å². The summed E-state index contributed by atoms with van der Waals surface area (Å²) in [6.45, 7) is 2.30. The monoisotopic (exact) mass is 389 g/mol. The van der Waals surface area contributed by atoms with Crippen LogP contribution in [0.4, 0.5) is 8.78 Å². The molecule has 0 aromatic carbocycles. The molecule has 0 aromatic heterocycles. The molecule has 0 aliphatic carbocycles. The maximum Gasteiger partial charge on any atom is 0.352 e. The van der Waals surface area contributed by atoms with Gasteiger partial charge in [-0.25, -0.2) is 4.79 Å². The second-order valence-corrected chi connectivity index (χ2v) is 7.81. The Bertz CT molecular complexity index is 682. The van der Waals surface area contributed by atoms with E-state index >= 15 is 0 Å². The van der Waals surface area contributed by atoms with E-state index in [1.807, 2.05) is 0 Å². The molecule has 1 fully saturated rings. The molecule has 26 heavy (non-hydrogen) atoms. The number of aliphatic hydroxyl groups is 1. The largest absolute Gasteiger partial charge is 0.477 e. The zero-order chi connectivity index (χ0) is 19.2. The summed E-state index contributed by atoms with van der Waals surface area (Å²) >= 11 is 0.502. The summed E-state index contributed by atoms with van der Waals surface area (Å²) < 4.78 is 24.7. The molecule has 3 rings (SSSR count). The minimum absolute atomic E-state index is 0.00379. The van der Waals surface area contributed by atoms with E-state index in [0.29, 0.717) is 42.7 Å². The molecular formula is C16H21F2N3O4S. The van der Waals surface area contributed by atoms with Crippen LogP contribution in [0.25, 0.3) is 0 Å². The van der Waals surface area contributed by atoms with Crippen molar-refractivity contribution >= 4 is 29.5 Å². The number of fused-ring (bicyclic) bond motifs is 1. The Morgan fingerprint density at radius 2 is 2.15 bits per heavy atom. The van der Waals surface area contributed by atoms with Crippen LogP contribution >= 0.6 is 11.8 Å². The number of carboxylic acids is 1. The van der Waals surface area contributed by atoms with Crippen molar-refractivity contribution in [3.8, 4) is 0 Å². The van der Waals surface area contributed by atoms with Crippen molar-refractivity contribution in [1.82, 2.24) is 9.80 Å². The molecule has 0 saturated carbocycles. The number of halogens is 2. The smallest absolute Gasteiger partial charge is 0.352 e. The summed E-state index contributed by atoms with van der Waals surface area (Å²) in [6.07, 6.45) is -0.430. The van der Waals surface area contributed by atoms with Gasteiger partial charge in [-0.2, -0.15) is 8.78 Å². The average molecular weight is 389 g/mol. The van der Waals surface area contributed by atoms with Gasteiger partial charge in [-0.1, -0.05) is 11.8 Å². The number of carbonyl (C=O) groups excluding carboxylic acids is 1. The second kappa shape index (κ2) is 7.15. The SMILES string of the molecule is C[C@@H](O)[C@H]1C(=O)N2C(C(=O)O)=C([C@@H]3CN=C(CSC(F)F)N(C)C3)C[C@H]12. The number of carbonyl (C=O) groups is 2. The fraction of sp³-hybridized carbons (Fsp3) is 0.688. The Labute approximate surface area is 153 Å². The van der Waals surface area contributed by atoms with Gasteiger partial charge in [0.15, 0.2) is 0 Å². The lowest BCUT2D eigenvalue weighted by molar-refractivity contribution is -0.161. The molecule has 0 bridgehead atoms. The van der Waals surface area contributed by atoms with Gasteiger partial charge in [0, 0.05) is 26.1 Å². The Hall–Kier alpha value is -1.68. The van der Waals surface area contributed by atoms with Crippen molar-refractivity contribution < 1.29 is 28.6 Å². The third-order valence-corrected chi connectivity index (χ3v) is 5.90. The van der Waals surface area contributed by atoms with Crippen LogP contribution in [0, 0.1) is 11.8 Å². The quantitative estimate of drug-likeness (QED) is 0.655. The van der Waals surface area contributed by atoms with Crippen molar-refractivity contribution in [3.63, 3.8) is 0 Å². The molecule has 3 heterocycles. The molecule has 0 unspecified atom stereocenters. The predicted octanol–water partition coefficient (Wildman–Crippen LogP) is 0.853. The summed E-state index contributed by atoms with van der Waals surface area (Å²) in [5, 5.41) is 19.4. The van der Waals surface area contributed by atoms with Gasteiger partial charge < -0.3 is 20.0 Å². The molecule has 1 saturated heterocycles. The molecule has 0 radical (unpaired) electrons. The van der Waals surface area contributed by atoms with E-state index in [-0.39, 0.29) is 29.3 Å². The topological polar surface area (TPSA) is 93.4 Å². The first-order valence-corrected chi connectivity index (χ1v) is 9.39. The molecular weight excluding hydrogens is 368 g/mol. The Balaban J connectivity index is 1.79. The third-order valence-electron chi connectivity index (χ3n) is 5.23. The molecule has 0 aromatic rings. The molecule has 3 aliphatic heterocycles. The fourth-order valence-corrected chi connectivity index (χ4v) is 4.60. The van der Waals surface area contributed by atoms with Crippen molar-refractivity contribution in [3.05, 3.63) is 11.3 Å². The lowest BCUT2D eigenvalue weighted by atomic mass is 9.81. The number of alkyl halides is 2. The number of amidine groups is 1. The average Bonchev–Trinajstić information content (AvgIpc) is 2.88. The first-order valence-electron chi connectivity index (χ1n) is 8.34. The first kappa shape index (κ1) is 19.1. The van der Waals surface area contributed by atoms with Crippen LogP contribution in [-0.4, -0.2) is 81.5 Å². The standard InChI is InChI=1S/C16H21F2N3O4S/c1-7(22)12-10-3-9(13(15(24)25)21(10)14(12)23)8-4-19-11(20(2)5-8)6-26-16(17)18/h7-8,10,12,16,22H,3-6H2,1-2H3,(H,24,25)/t7-,8-,10-,12-/m1/s1. The number of thioether (sulfide) groups is 1. The number of aliphatic carboxylic acids is 1. The maximum atomic E-state index is 12.4. The molecule has 2 N–H and O–H groups in total. The molecule has 3 aliphatic rings. The van der Waals surface area contributed by atoms with Crippen LogP contribution in [0.15, 0.2) is 16.3 Å². The predicted molar refractivity (Wildman–Crippen MR) is 92.0 cm³/mol. The summed E-state index contributed by atoms with van der Waals surface area (Å²) in [7, 11) is 1.74. The zero-order valence-electron chi connectivity index (χ0n) is 14.4. The third kappa shape index (κ3) is 3.20. The number of aliphatic hydroxyl groups excluding tert-OH is 1. The van der Waals surface area contributed by atoms with Gasteiger partial charge in [-0.05, 0) is 18.9 Å². The number of amides is 1. The number of nitrogens with zero attached hydrogens (tertiary/aromatic N) is 3. The minimum atomic E-state index is -2.47. The summed E-state index contributed by atoms with van der Waals surface area (Å²) in [6, 6.07) is -0.325. The van der Waals surface area contributed by atoms with Crippen LogP contribution in [0.2, 0.25) is 0 Å². The van der Waals surface area contributed by atoms with Gasteiger partial charge in [0.1, 0.15) is 11.5 Å². The molecule has 1 amide bonds. The molecule has 4 atom stereocenters. The van der Waals surface area contributed by atoms with E-state index in [0.717, 1.165) is 0 Å². The lowest BCUT2D eigenvalue weighted by Gasteiger charge is -2.44. The van der Waals surface area contributed by atoms with Gasteiger partial charge >= 0.3 is 5.97 Å². The van der Waals surface area contributed by atoms with Crippen LogP contribution in [0.3, 0.4) is 0 Å². The number of carboxylic acid groups (broad SMARTS) is 1. The van der Waals surface area contributed by atoms with Gasteiger partial charge in [-0.15, -0.1) is 0 Å². The number of β-lactam (4-membered cyclic amide) rings is 1. The molecule has 0 spiro atoms. The highest BCUT2D eigenvalue weighted by Gasteiger charge is 2.57.